The van der Waals surface area contributed by atoms with Crippen molar-refractivity contribution in [3.05, 3.63) is 57.9 Å². The molecule has 6 heteroatoms. The van der Waals surface area contributed by atoms with Crippen molar-refractivity contribution >= 4 is 23.0 Å². The molecule has 4 rings (SSSR count). The molecule has 0 saturated carbocycles. The van der Waals surface area contributed by atoms with Crippen LogP contribution in [-0.4, -0.2) is 29.1 Å². The van der Waals surface area contributed by atoms with Crippen LogP contribution < -0.4 is 4.74 Å². The molecular weight excluding hydrogens is 402 g/mol. The molecule has 1 N–H and O–H groups in total. The lowest BCUT2D eigenvalue weighted by atomic mass is 9.88. The maximum absolute atomic E-state index is 12.9. The van der Waals surface area contributed by atoms with E-state index in [2.05, 4.69) is 4.98 Å². The van der Waals surface area contributed by atoms with E-state index in [9.17, 15) is 9.90 Å². The second-order valence-corrected chi connectivity index (χ2v) is 8.61. The molecule has 0 amide bonds. The first-order valence-corrected chi connectivity index (χ1v) is 10.8. The minimum Gasteiger partial charge on any atom is -0.511 e. The third-order valence-corrected chi connectivity index (χ3v) is 6.30. The molecule has 1 fully saturated rings. The Morgan fingerprint density at radius 2 is 1.93 bits per heavy atom. The number of ether oxygens (including phenoxy) is 2. The van der Waals surface area contributed by atoms with E-state index < -0.39 is 0 Å². The Bertz CT molecular complexity index is 971. The molecule has 0 spiro atoms. The minimum atomic E-state index is -0.0994. The highest BCUT2D eigenvalue weighted by Gasteiger charge is 2.36. The Morgan fingerprint density at radius 1 is 1.23 bits per heavy atom. The molecule has 158 valence electrons. The van der Waals surface area contributed by atoms with Gasteiger partial charge in [-0.3, -0.25) is 4.79 Å². The highest BCUT2D eigenvalue weighted by molar-refractivity contribution is 6.31. The fraction of sp³-hybridized carbons (Fsp3) is 0.417. The maximum atomic E-state index is 12.9. The molecular formula is C24H26ClNO4. The van der Waals surface area contributed by atoms with E-state index in [4.69, 9.17) is 21.1 Å². The fourth-order valence-corrected chi connectivity index (χ4v) is 4.71. The zero-order chi connectivity index (χ0) is 21.3. The van der Waals surface area contributed by atoms with Crippen molar-refractivity contribution in [3.8, 4) is 11.6 Å². The summed E-state index contributed by atoms with van der Waals surface area (Å²) in [6.07, 6.45) is 4.82. The van der Waals surface area contributed by atoms with Crippen molar-refractivity contribution < 1.29 is 19.4 Å². The van der Waals surface area contributed by atoms with E-state index >= 15 is 0 Å². The number of carbonyl (C=O) groups excluding carboxylic acids is 1. The van der Waals surface area contributed by atoms with Crippen LogP contribution in [-0.2, 0) is 9.53 Å². The van der Waals surface area contributed by atoms with E-state index in [1.54, 1.807) is 18.3 Å². The van der Waals surface area contributed by atoms with Gasteiger partial charge in [0.05, 0.1) is 5.57 Å². The van der Waals surface area contributed by atoms with Crippen LogP contribution in [0.5, 0.6) is 11.6 Å². The zero-order valence-electron chi connectivity index (χ0n) is 17.3. The SMILES string of the molecule is Cc1cc(Oc2ncccc2Cl)cc(C)c1C1=C(O)C(CC2CCOCC2)CC1=O. The first-order chi connectivity index (χ1) is 14.4. The molecule has 0 radical (unpaired) electrons. The molecule has 2 aromatic rings. The van der Waals surface area contributed by atoms with E-state index in [0.717, 1.165) is 49.2 Å². The van der Waals surface area contributed by atoms with Gasteiger partial charge in [-0.1, -0.05) is 11.6 Å². The number of aryl methyl sites for hydroxylation is 2. The number of aliphatic hydroxyl groups excluding tert-OH is 1. The Labute approximate surface area is 181 Å². The molecule has 1 aromatic heterocycles. The largest absolute Gasteiger partial charge is 0.511 e. The van der Waals surface area contributed by atoms with Gasteiger partial charge in [-0.05, 0) is 80.0 Å². The molecule has 1 aliphatic carbocycles. The first-order valence-electron chi connectivity index (χ1n) is 10.4. The number of aliphatic hydroxyl groups is 1. The first kappa shape index (κ1) is 20.9. The van der Waals surface area contributed by atoms with E-state index in [0.29, 0.717) is 34.6 Å². The Hall–Kier alpha value is -2.37. The summed E-state index contributed by atoms with van der Waals surface area (Å²) in [4.78, 5) is 17.0. The van der Waals surface area contributed by atoms with E-state index in [1.807, 2.05) is 26.0 Å². The smallest absolute Gasteiger partial charge is 0.238 e. The number of Topliss-reactive ketones (excluding diaryl/α,β-unsaturated/α-hetero) is 1. The normalized spacial score (nSPS) is 20.1. The number of hydrogen-bond donors (Lipinski definition) is 1. The summed E-state index contributed by atoms with van der Waals surface area (Å²) >= 11 is 6.14. The summed E-state index contributed by atoms with van der Waals surface area (Å²) in [5, 5.41) is 11.4. The molecule has 1 aromatic carbocycles. The maximum Gasteiger partial charge on any atom is 0.238 e. The minimum absolute atomic E-state index is 0.0113. The van der Waals surface area contributed by atoms with Crippen molar-refractivity contribution in [3.63, 3.8) is 0 Å². The summed E-state index contributed by atoms with van der Waals surface area (Å²) in [6.45, 7) is 5.38. The molecule has 1 saturated heterocycles. The number of aromatic nitrogens is 1. The second kappa shape index (κ2) is 8.78. The lowest BCUT2D eigenvalue weighted by Gasteiger charge is -2.24. The Kier molecular flexibility index (Phi) is 6.11. The van der Waals surface area contributed by atoms with Crippen LogP contribution >= 0.6 is 11.6 Å². The van der Waals surface area contributed by atoms with Gasteiger partial charge in [0.1, 0.15) is 16.5 Å². The van der Waals surface area contributed by atoms with Crippen molar-refractivity contribution in [1.29, 1.82) is 0 Å². The number of halogens is 1. The van der Waals surface area contributed by atoms with Crippen molar-refractivity contribution in [2.75, 3.05) is 13.2 Å². The lowest BCUT2D eigenvalue weighted by Crippen LogP contribution is -2.19. The van der Waals surface area contributed by atoms with Crippen LogP contribution in [0.4, 0.5) is 0 Å². The Morgan fingerprint density at radius 3 is 2.60 bits per heavy atom. The van der Waals surface area contributed by atoms with Crippen molar-refractivity contribution in [1.82, 2.24) is 4.98 Å². The summed E-state index contributed by atoms with van der Waals surface area (Å²) in [5.74, 6) is 1.58. The van der Waals surface area contributed by atoms with Gasteiger partial charge in [0.2, 0.25) is 5.88 Å². The van der Waals surface area contributed by atoms with Crippen molar-refractivity contribution in [2.24, 2.45) is 11.8 Å². The van der Waals surface area contributed by atoms with Crippen LogP contribution in [0.15, 0.2) is 36.2 Å². The predicted molar refractivity (Wildman–Crippen MR) is 116 cm³/mol. The summed E-state index contributed by atoms with van der Waals surface area (Å²) in [6, 6.07) is 7.17. The standard InChI is InChI=1S/C24H26ClNO4/c1-14-10-18(30-24-19(25)4-3-7-26-24)11-15(2)21(14)22-20(27)13-17(23(22)28)12-16-5-8-29-9-6-16/h3-4,7,10-11,16-17,28H,5-6,8-9,12-13H2,1-2H3. The number of benzene rings is 1. The zero-order valence-corrected chi connectivity index (χ0v) is 18.0. The molecule has 0 bridgehead atoms. The van der Waals surface area contributed by atoms with Crippen LogP contribution in [0.3, 0.4) is 0 Å². The van der Waals surface area contributed by atoms with E-state index in [1.165, 1.54) is 0 Å². The van der Waals surface area contributed by atoms with E-state index in [-0.39, 0.29) is 17.5 Å². The van der Waals surface area contributed by atoms with Crippen LogP contribution in [0.2, 0.25) is 5.02 Å². The number of nitrogens with zero attached hydrogens (tertiary/aromatic N) is 1. The van der Waals surface area contributed by atoms with Gasteiger partial charge in [-0.2, -0.15) is 0 Å². The number of pyridine rings is 1. The van der Waals surface area contributed by atoms with Crippen LogP contribution in [0.25, 0.3) is 5.57 Å². The number of hydrogen-bond acceptors (Lipinski definition) is 5. The number of carbonyl (C=O) groups is 1. The molecule has 1 aliphatic heterocycles. The summed E-state index contributed by atoms with van der Waals surface area (Å²) in [7, 11) is 0. The van der Waals surface area contributed by atoms with Crippen LogP contribution in [0, 0.1) is 25.7 Å². The highest BCUT2D eigenvalue weighted by atomic mass is 35.5. The predicted octanol–water partition coefficient (Wildman–Crippen LogP) is 5.82. The molecule has 1 unspecified atom stereocenters. The van der Waals surface area contributed by atoms with Gasteiger partial charge in [0.25, 0.3) is 0 Å². The number of ketones is 1. The third-order valence-electron chi connectivity index (χ3n) is 6.01. The van der Waals surface area contributed by atoms with Gasteiger partial charge in [0, 0.05) is 31.7 Å². The monoisotopic (exact) mass is 427 g/mol. The summed E-state index contributed by atoms with van der Waals surface area (Å²) < 4.78 is 11.3. The topological polar surface area (TPSA) is 68.7 Å². The molecule has 1 atom stereocenters. The average Bonchev–Trinajstić information content (AvgIpc) is 2.98. The quantitative estimate of drug-likeness (QED) is 0.651. The lowest BCUT2D eigenvalue weighted by molar-refractivity contribution is -0.113. The van der Waals surface area contributed by atoms with Gasteiger partial charge < -0.3 is 14.6 Å². The molecule has 5 nitrogen and oxygen atoms in total. The Balaban J connectivity index is 1.61. The average molecular weight is 428 g/mol. The highest BCUT2D eigenvalue weighted by Crippen LogP contribution is 2.42. The molecule has 2 aliphatic rings. The third kappa shape index (κ3) is 4.23. The summed E-state index contributed by atoms with van der Waals surface area (Å²) in [5.41, 5.74) is 3.01. The molecule has 30 heavy (non-hydrogen) atoms. The van der Waals surface area contributed by atoms with Crippen molar-refractivity contribution in [2.45, 2.75) is 39.5 Å². The van der Waals surface area contributed by atoms with Gasteiger partial charge in [-0.25, -0.2) is 4.98 Å². The van der Waals surface area contributed by atoms with Gasteiger partial charge in [0.15, 0.2) is 5.78 Å². The number of rotatable bonds is 5. The second-order valence-electron chi connectivity index (χ2n) is 8.20. The molecule has 2 heterocycles. The number of allylic oxidation sites excluding steroid dienone is 2. The fourth-order valence-electron chi connectivity index (χ4n) is 4.55. The van der Waals surface area contributed by atoms with Crippen LogP contribution in [0.1, 0.15) is 42.4 Å². The van der Waals surface area contributed by atoms with Gasteiger partial charge in [-0.15, -0.1) is 0 Å². The van der Waals surface area contributed by atoms with Gasteiger partial charge >= 0.3 is 0 Å².